The maximum absolute atomic E-state index is 13.5. The third-order valence-corrected chi connectivity index (χ3v) is 7.80. The second kappa shape index (κ2) is 10.2. The van der Waals surface area contributed by atoms with Crippen LogP contribution < -0.4 is 5.32 Å². The molecule has 1 aliphatic heterocycles. The minimum atomic E-state index is -4.62. The molecule has 1 aliphatic rings. The van der Waals surface area contributed by atoms with Gasteiger partial charge >= 0.3 is 6.18 Å². The molecule has 0 unspecified atom stereocenters. The number of hydrogen-bond donors (Lipinski definition) is 1. The van der Waals surface area contributed by atoms with Gasteiger partial charge in [-0.2, -0.15) is 13.2 Å². The molecule has 5 rings (SSSR count). The largest absolute Gasteiger partial charge is 0.418 e. The Balaban J connectivity index is 1.21. The van der Waals surface area contributed by atoms with Crippen molar-refractivity contribution in [1.29, 1.82) is 0 Å². The van der Waals surface area contributed by atoms with Gasteiger partial charge in [-0.05, 0) is 68.5 Å². The average molecular weight is 541 g/mol. The third-order valence-electron chi connectivity index (χ3n) is 6.99. The molecule has 38 heavy (non-hydrogen) atoms. The number of rotatable bonds is 5. The highest BCUT2D eigenvalue weighted by molar-refractivity contribution is 7.16. The van der Waals surface area contributed by atoms with E-state index >= 15 is 0 Å². The third kappa shape index (κ3) is 5.31. The molecule has 198 valence electrons. The zero-order valence-corrected chi connectivity index (χ0v) is 21.8. The summed E-state index contributed by atoms with van der Waals surface area (Å²) in [4.78, 5) is 31.9. The first-order valence-corrected chi connectivity index (χ1v) is 13.3. The maximum atomic E-state index is 13.5. The number of benzene rings is 2. The van der Waals surface area contributed by atoms with Crippen molar-refractivity contribution in [3.05, 3.63) is 82.6 Å². The first-order chi connectivity index (χ1) is 18.1. The van der Waals surface area contributed by atoms with Crippen LogP contribution in [0.1, 0.15) is 70.5 Å². The molecule has 3 heterocycles. The van der Waals surface area contributed by atoms with Crippen molar-refractivity contribution in [1.82, 2.24) is 14.5 Å². The molecule has 0 saturated carbocycles. The van der Waals surface area contributed by atoms with Crippen LogP contribution >= 0.6 is 11.3 Å². The summed E-state index contributed by atoms with van der Waals surface area (Å²) in [7, 11) is 0. The van der Waals surface area contributed by atoms with E-state index in [0.717, 1.165) is 34.8 Å². The second-order valence-electron chi connectivity index (χ2n) is 9.80. The number of amides is 2. The fourth-order valence-corrected chi connectivity index (χ4v) is 5.46. The van der Waals surface area contributed by atoms with Crippen molar-refractivity contribution in [2.45, 2.75) is 44.8 Å². The normalized spacial score (nSPS) is 14.8. The van der Waals surface area contributed by atoms with Crippen molar-refractivity contribution in [2.75, 3.05) is 18.4 Å². The molecule has 0 bridgehead atoms. The van der Waals surface area contributed by atoms with Crippen LogP contribution in [0.4, 0.5) is 18.9 Å². The Morgan fingerprint density at radius 3 is 2.42 bits per heavy atom. The lowest BCUT2D eigenvalue weighted by atomic mass is 9.89. The summed E-state index contributed by atoms with van der Waals surface area (Å²) in [6.07, 6.45) is -0.819. The summed E-state index contributed by atoms with van der Waals surface area (Å²) >= 11 is 1.54. The Bertz CT molecular complexity index is 1470. The molecule has 10 heteroatoms. The number of carbonyl (C=O) groups is 2. The Morgan fingerprint density at radius 1 is 1.05 bits per heavy atom. The Kier molecular flexibility index (Phi) is 7.00. The lowest BCUT2D eigenvalue weighted by Gasteiger charge is -2.32. The number of likely N-dealkylation sites (tertiary alicyclic amines) is 1. The fraction of sp³-hybridized carbons (Fsp3) is 0.321. The topological polar surface area (TPSA) is 67.2 Å². The van der Waals surface area contributed by atoms with Crippen LogP contribution in [0.3, 0.4) is 0 Å². The highest BCUT2D eigenvalue weighted by atomic mass is 32.1. The molecule has 1 fully saturated rings. The average Bonchev–Trinajstić information content (AvgIpc) is 3.56. The van der Waals surface area contributed by atoms with Crippen molar-refractivity contribution in [2.24, 2.45) is 0 Å². The zero-order valence-electron chi connectivity index (χ0n) is 21.0. The van der Waals surface area contributed by atoms with Crippen LogP contribution in [0.15, 0.2) is 60.4 Å². The molecule has 1 saturated heterocycles. The highest BCUT2D eigenvalue weighted by Crippen LogP contribution is 2.34. The quantitative estimate of drug-likeness (QED) is 0.297. The first kappa shape index (κ1) is 26.0. The van der Waals surface area contributed by atoms with Crippen molar-refractivity contribution in [3.8, 4) is 0 Å². The van der Waals surface area contributed by atoms with Gasteiger partial charge in [0.05, 0.1) is 26.9 Å². The second-order valence-corrected chi connectivity index (χ2v) is 10.7. The van der Waals surface area contributed by atoms with Crippen molar-refractivity contribution >= 4 is 39.1 Å². The molecule has 1 N–H and O–H groups in total. The van der Waals surface area contributed by atoms with Crippen LogP contribution in [-0.4, -0.2) is 39.4 Å². The number of hydrogen-bond acceptors (Lipinski definition) is 4. The molecule has 2 aromatic heterocycles. The van der Waals surface area contributed by atoms with E-state index in [2.05, 4.69) is 10.3 Å². The number of piperidine rings is 1. The van der Waals surface area contributed by atoms with Gasteiger partial charge in [0.15, 0.2) is 0 Å². The number of nitrogens with one attached hydrogen (secondary N) is 1. The minimum Gasteiger partial charge on any atom is -0.350 e. The summed E-state index contributed by atoms with van der Waals surface area (Å²) in [6.45, 7) is 4.76. The molecule has 0 atom stereocenters. The Morgan fingerprint density at radius 2 is 1.76 bits per heavy atom. The molecule has 0 radical (unpaired) electrons. The predicted octanol–water partition coefficient (Wildman–Crippen LogP) is 6.97. The van der Waals surface area contributed by atoms with Gasteiger partial charge in [0, 0.05) is 42.8 Å². The molecule has 2 aromatic carbocycles. The number of fused-ring (bicyclic) bond motifs is 1. The number of halogens is 3. The van der Waals surface area contributed by atoms with E-state index < -0.39 is 23.2 Å². The molecular weight excluding hydrogens is 513 g/mol. The predicted molar refractivity (Wildman–Crippen MR) is 142 cm³/mol. The van der Waals surface area contributed by atoms with Gasteiger partial charge in [0.2, 0.25) is 0 Å². The number of aromatic nitrogens is 2. The van der Waals surface area contributed by atoms with Crippen LogP contribution in [0.25, 0.3) is 10.2 Å². The molecule has 6 nitrogen and oxygen atoms in total. The number of nitrogens with zero attached hydrogens (tertiary/aromatic N) is 3. The molecule has 0 aliphatic carbocycles. The van der Waals surface area contributed by atoms with Crippen molar-refractivity contribution in [3.63, 3.8) is 0 Å². The standard InChI is InChI=1S/C28H27F3N4O2S/c1-17(2)35-14-22(23(15-35)28(29,30)31)26(36)33-21-6-3-18(4-7-21)19-9-11-34(12-10-19)27(37)20-5-8-25-24(13-20)32-16-38-25/h3-8,13-17,19H,9-12H2,1-2H3,(H,33,36). The van der Waals surface area contributed by atoms with E-state index in [1.807, 2.05) is 35.2 Å². The van der Waals surface area contributed by atoms with Gasteiger partial charge in [0.25, 0.3) is 11.8 Å². The number of thiazole rings is 1. The van der Waals surface area contributed by atoms with E-state index in [0.29, 0.717) is 24.3 Å². The molecule has 2 amide bonds. The van der Waals surface area contributed by atoms with Crippen LogP contribution in [0.2, 0.25) is 0 Å². The summed E-state index contributed by atoms with van der Waals surface area (Å²) in [5.41, 5.74) is 3.38. The summed E-state index contributed by atoms with van der Waals surface area (Å²) < 4.78 is 42.9. The van der Waals surface area contributed by atoms with E-state index in [1.54, 1.807) is 42.8 Å². The SMILES string of the molecule is CC(C)n1cc(C(=O)Nc2ccc(C3CCN(C(=O)c4ccc5scnc5c4)CC3)cc2)c(C(F)(F)F)c1. The lowest BCUT2D eigenvalue weighted by Crippen LogP contribution is -2.37. The Hall–Kier alpha value is -3.66. The smallest absolute Gasteiger partial charge is 0.350 e. The molecule has 4 aromatic rings. The minimum absolute atomic E-state index is 0.000867. The number of alkyl halides is 3. The van der Waals surface area contributed by atoms with E-state index in [-0.39, 0.29) is 17.9 Å². The van der Waals surface area contributed by atoms with Gasteiger partial charge in [-0.3, -0.25) is 9.59 Å². The van der Waals surface area contributed by atoms with Crippen LogP contribution in [-0.2, 0) is 6.18 Å². The first-order valence-electron chi connectivity index (χ1n) is 12.4. The lowest BCUT2D eigenvalue weighted by molar-refractivity contribution is -0.137. The van der Waals surface area contributed by atoms with Crippen molar-refractivity contribution < 1.29 is 22.8 Å². The molecule has 0 spiro atoms. The zero-order chi connectivity index (χ0) is 27.0. The summed E-state index contributed by atoms with van der Waals surface area (Å²) in [6, 6.07) is 12.6. The van der Waals surface area contributed by atoms with Gasteiger partial charge in [0.1, 0.15) is 0 Å². The van der Waals surface area contributed by atoms with E-state index in [9.17, 15) is 22.8 Å². The van der Waals surface area contributed by atoms with Gasteiger partial charge in [-0.1, -0.05) is 12.1 Å². The highest BCUT2D eigenvalue weighted by Gasteiger charge is 2.37. The van der Waals surface area contributed by atoms with E-state index in [1.165, 1.54) is 10.8 Å². The maximum Gasteiger partial charge on any atom is 0.418 e. The van der Waals surface area contributed by atoms with E-state index in [4.69, 9.17) is 0 Å². The summed E-state index contributed by atoms with van der Waals surface area (Å²) in [5, 5.41) is 2.59. The number of carbonyl (C=O) groups excluding carboxylic acids is 2. The summed E-state index contributed by atoms with van der Waals surface area (Å²) in [5.74, 6) is -0.546. The van der Waals surface area contributed by atoms with Gasteiger partial charge in [-0.15, -0.1) is 11.3 Å². The van der Waals surface area contributed by atoms with Crippen LogP contribution in [0, 0.1) is 0 Å². The van der Waals surface area contributed by atoms with Crippen LogP contribution in [0.5, 0.6) is 0 Å². The molecular formula is C28H27F3N4O2S. The fourth-order valence-electron chi connectivity index (χ4n) is 4.81. The van der Waals surface area contributed by atoms with Gasteiger partial charge < -0.3 is 14.8 Å². The van der Waals surface area contributed by atoms with Gasteiger partial charge in [-0.25, -0.2) is 4.98 Å². The monoisotopic (exact) mass is 540 g/mol. The number of anilines is 1. The Labute approximate surface area is 222 Å².